The molecule has 1 aliphatic heterocycles. The molecule has 1 aliphatic rings. The molecule has 1 fully saturated rings. The van der Waals surface area contributed by atoms with Crippen molar-refractivity contribution in [3.05, 3.63) is 40.4 Å². The summed E-state index contributed by atoms with van der Waals surface area (Å²) in [6, 6.07) is 5.38. The highest BCUT2D eigenvalue weighted by atomic mass is 32.1. The minimum atomic E-state index is -4.47. The van der Waals surface area contributed by atoms with Gasteiger partial charge in [-0.3, -0.25) is 4.79 Å². The lowest BCUT2D eigenvalue weighted by Gasteiger charge is -2.21. The lowest BCUT2D eigenvalue weighted by molar-refractivity contribution is -0.137. The Labute approximate surface area is 173 Å². The summed E-state index contributed by atoms with van der Waals surface area (Å²) in [6.45, 7) is 7.98. The summed E-state index contributed by atoms with van der Waals surface area (Å²) in [5.74, 6) is -0.131. The zero-order chi connectivity index (χ0) is 21.0. The zero-order valence-corrected chi connectivity index (χ0v) is 17.6. The number of carbonyl (C=O) groups excluding carboxylic acids is 1. The van der Waals surface area contributed by atoms with Crippen molar-refractivity contribution in [2.24, 2.45) is 0 Å². The van der Waals surface area contributed by atoms with E-state index in [1.54, 1.807) is 13.0 Å². The Bertz CT molecular complexity index is 850. The Balaban J connectivity index is 1.80. The van der Waals surface area contributed by atoms with Gasteiger partial charge in [-0.25, -0.2) is 4.98 Å². The first-order valence-corrected chi connectivity index (χ1v) is 10.8. The van der Waals surface area contributed by atoms with Gasteiger partial charge in [0.05, 0.1) is 11.3 Å². The third-order valence-corrected chi connectivity index (χ3v) is 6.34. The van der Waals surface area contributed by atoms with Crippen molar-refractivity contribution in [1.29, 1.82) is 0 Å². The average molecular weight is 426 g/mol. The SMILES string of the molecule is CCCCN1CCCN(C(=O)c2sc(-c3ccccc3C(F)(F)F)nc2C)CC1. The molecule has 0 bridgehead atoms. The Morgan fingerprint density at radius 2 is 1.93 bits per heavy atom. The maximum Gasteiger partial charge on any atom is 0.417 e. The molecule has 3 rings (SSSR count). The van der Waals surface area contributed by atoms with E-state index < -0.39 is 11.7 Å². The van der Waals surface area contributed by atoms with Crippen LogP contribution in [-0.2, 0) is 6.18 Å². The van der Waals surface area contributed by atoms with E-state index in [0.29, 0.717) is 23.7 Å². The first kappa shape index (κ1) is 21.8. The highest BCUT2D eigenvalue weighted by Crippen LogP contribution is 2.39. The van der Waals surface area contributed by atoms with E-state index in [2.05, 4.69) is 16.8 Å². The van der Waals surface area contributed by atoms with Crippen LogP contribution in [0.15, 0.2) is 24.3 Å². The van der Waals surface area contributed by atoms with Crippen molar-refractivity contribution in [1.82, 2.24) is 14.8 Å². The molecule has 0 aliphatic carbocycles. The largest absolute Gasteiger partial charge is 0.417 e. The molecule has 0 saturated carbocycles. The number of amides is 1. The average Bonchev–Trinajstić information content (AvgIpc) is 2.92. The summed E-state index contributed by atoms with van der Waals surface area (Å²) in [6.07, 6.45) is -1.28. The van der Waals surface area contributed by atoms with Gasteiger partial charge >= 0.3 is 6.18 Å². The fourth-order valence-corrected chi connectivity index (χ4v) is 4.62. The Kier molecular flexibility index (Phi) is 6.95. The number of carbonyl (C=O) groups is 1. The number of aromatic nitrogens is 1. The van der Waals surface area contributed by atoms with Gasteiger partial charge in [-0.2, -0.15) is 13.2 Å². The summed E-state index contributed by atoms with van der Waals surface area (Å²) < 4.78 is 40.1. The lowest BCUT2D eigenvalue weighted by atomic mass is 10.1. The molecule has 0 unspecified atom stereocenters. The molecule has 1 aromatic carbocycles. The van der Waals surface area contributed by atoms with Gasteiger partial charge in [0.15, 0.2) is 0 Å². The van der Waals surface area contributed by atoms with Gasteiger partial charge in [0.2, 0.25) is 0 Å². The highest BCUT2D eigenvalue weighted by Gasteiger charge is 2.34. The second-order valence-electron chi connectivity index (χ2n) is 7.32. The predicted molar refractivity (Wildman–Crippen MR) is 109 cm³/mol. The molecular formula is C21H26F3N3OS. The Morgan fingerprint density at radius 3 is 2.66 bits per heavy atom. The molecule has 8 heteroatoms. The molecule has 0 radical (unpaired) electrons. The van der Waals surface area contributed by atoms with Crippen molar-refractivity contribution >= 4 is 17.2 Å². The maximum absolute atomic E-state index is 13.4. The number of halogens is 3. The molecule has 1 saturated heterocycles. The van der Waals surface area contributed by atoms with Gasteiger partial charge in [0.1, 0.15) is 9.88 Å². The quantitative estimate of drug-likeness (QED) is 0.670. The molecular weight excluding hydrogens is 399 g/mol. The summed E-state index contributed by atoms with van der Waals surface area (Å²) in [4.78, 5) is 22.0. The number of unbranched alkanes of at least 4 members (excludes halogenated alkanes) is 1. The smallest absolute Gasteiger partial charge is 0.337 e. The maximum atomic E-state index is 13.4. The van der Waals surface area contributed by atoms with Crippen molar-refractivity contribution in [2.45, 2.75) is 39.3 Å². The van der Waals surface area contributed by atoms with Gasteiger partial charge in [-0.05, 0) is 38.9 Å². The zero-order valence-electron chi connectivity index (χ0n) is 16.8. The molecule has 1 aromatic heterocycles. The summed E-state index contributed by atoms with van der Waals surface area (Å²) in [5, 5.41) is 0.234. The summed E-state index contributed by atoms with van der Waals surface area (Å²) in [5.41, 5.74) is -0.220. The van der Waals surface area contributed by atoms with Crippen LogP contribution in [0.5, 0.6) is 0 Å². The predicted octanol–water partition coefficient (Wildman–Crippen LogP) is 5.09. The molecule has 0 N–H and O–H groups in total. The lowest BCUT2D eigenvalue weighted by Crippen LogP contribution is -2.35. The van der Waals surface area contributed by atoms with Crippen molar-refractivity contribution in [3.63, 3.8) is 0 Å². The number of aryl methyl sites for hydroxylation is 1. The van der Waals surface area contributed by atoms with Gasteiger partial charge in [0.25, 0.3) is 5.91 Å². The van der Waals surface area contributed by atoms with Crippen LogP contribution in [0, 0.1) is 6.92 Å². The minimum Gasteiger partial charge on any atom is -0.337 e. The Morgan fingerprint density at radius 1 is 1.17 bits per heavy atom. The third-order valence-electron chi connectivity index (χ3n) is 5.16. The van der Waals surface area contributed by atoms with Crippen LogP contribution in [0.1, 0.15) is 47.1 Å². The monoisotopic (exact) mass is 425 g/mol. The van der Waals surface area contributed by atoms with Gasteiger partial charge < -0.3 is 9.80 Å². The second kappa shape index (κ2) is 9.26. The van der Waals surface area contributed by atoms with Crippen LogP contribution >= 0.6 is 11.3 Å². The number of thiazole rings is 1. The van der Waals surface area contributed by atoms with E-state index in [1.807, 2.05) is 4.90 Å². The topological polar surface area (TPSA) is 36.4 Å². The van der Waals surface area contributed by atoms with Crippen molar-refractivity contribution < 1.29 is 18.0 Å². The molecule has 29 heavy (non-hydrogen) atoms. The van der Waals surface area contributed by atoms with Crippen LogP contribution in [0.2, 0.25) is 0 Å². The van der Waals surface area contributed by atoms with Crippen LogP contribution in [0.4, 0.5) is 13.2 Å². The highest BCUT2D eigenvalue weighted by molar-refractivity contribution is 7.17. The van der Waals surface area contributed by atoms with Crippen LogP contribution in [0.3, 0.4) is 0 Å². The number of hydrogen-bond acceptors (Lipinski definition) is 4. The van der Waals surface area contributed by atoms with Crippen molar-refractivity contribution in [3.8, 4) is 10.6 Å². The van der Waals surface area contributed by atoms with Crippen LogP contribution < -0.4 is 0 Å². The molecule has 2 heterocycles. The summed E-state index contributed by atoms with van der Waals surface area (Å²) in [7, 11) is 0. The molecule has 4 nitrogen and oxygen atoms in total. The first-order valence-electron chi connectivity index (χ1n) is 9.97. The first-order chi connectivity index (χ1) is 13.8. The third kappa shape index (κ3) is 5.17. The van der Waals surface area contributed by atoms with Gasteiger partial charge in [-0.15, -0.1) is 11.3 Å². The standard InChI is InChI=1S/C21H26F3N3OS/c1-3-4-10-26-11-7-12-27(14-13-26)20(28)18-15(2)25-19(29-18)16-8-5-6-9-17(16)21(22,23)24/h5-6,8-9H,3-4,7,10-14H2,1-2H3. The number of hydrogen-bond donors (Lipinski definition) is 0. The molecule has 158 valence electrons. The minimum absolute atomic E-state index is 0.0220. The van der Waals surface area contributed by atoms with Crippen LogP contribution in [-0.4, -0.2) is 53.4 Å². The van der Waals surface area contributed by atoms with E-state index in [9.17, 15) is 18.0 Å². The fourth-order valence-electron chi connectivity index (χ4n) is 3.55. The fraction of sp³-hybridized carbons (Fsp3) is 0.524. The van der Waals surface area contributed by atoms with Gasteiger partial charge in [-0.1, -0.05) is 31.5 Å². The van der Waals surface area contributed by atoms with Crippen molar-refractivity contribution in [2.75, 3.05) is 32.7 Å². The molecule has 0 atom stereocenters. The Hall–Kier alpha value is -1.93. The van der Waals surface area contributed by atoms with Gasteiger partial charge in [0, 0.05) is 25.2 Å². The summed E-state index contributed by atoms with van der Waals surface area (Å²) >= 11 is 1.05. The van der Waals surface area contributed by atoms with E-state index >= 15 is 0 Å². The van der Waals surface area contributed by atoms with Crippen LogP contribution in [0.25, 0.3) is 10.6 Å². The normalized spacial score (nSPS) is 16.1. The van der Waals surface area contributed by atoms with E-state index in [1.165, 1.54) is 12.1 Å². The number of alkyl halides is 3. The van der Waals surface area contributed by atoms with E-state index in [-0.39, 0.29) is 16.5 Å². The number of benzene rings is 1. The van der Waals surface area contributed by atoms with E-state index in [0.717, 1.165) is 56.3 Å². The number of nitrogens with zero attached hydrogens (tertiary/aromatic N) is 3. The molecule has 2 aromatic rings. The number of rotatable bonds is 5. The molecule has 0 spiro atoms. The molecule has 1 amide bonds. The second-order valence-corrected chi connectivity index (χ2v) is 8.32. The van der Waals surface area contributed by atoms with E-state index in [4.69, 9.17) is 0 Å².